The Hall–Kier alpha value is -1.75. The van der Waals surface area contributed by atoms with Gasteiger partial charge < -0.3 is 10.2 Å². The first-order valence-electron chi connectivity index (χ1n) is 4.09. The Kier molecular flexibility index (Phi) is 3.30. The fraction of sp³-hybridized carbons (Fsp3) is 0.222. The summed E-state index contributed by atoms with van der Waals surface area (Å²) < 4.78 is 0. The van der Waals surface area contributed by atoms with Crippen LogP contribution in [0.3, 0.4) is 0 Å². The van der Waals surface area contributed by atoms with Crippen molar-refractivity contribution in [2.45, 2.75) is 6.92 Å². The van der Waals surface area contributed by atoms with Gasteiger partial charge >= 0.3 is 0 Å². The molecule has 0 aliphatic rings. The van der Waals surface area contributed by atoms with Gasteiger partial charge in [-0.3, -0.25) is 9.63 Å². The summed E-state index contributed by atoms with van der Waals surface area (Å²) in [6, 6.07) is 3.77. The highest BCUT2D eigenvalue weighted by Gasteiger charge is 2.07. The molecule has 0 fully saturated rings. The van der Waals surface area contributed by atoms with Gasteiger partial charge in [-0.15, -0.1) is 0 Å². The highest BCUT2D eigenvalue weighted by molar-refractivity contribution is 5.94. The molecule has 3 N–H and O–H groups in total. The van der Waals surface area contributed by atoms with Crippen LogP contribution < -0.4 is 5.48 Å². The van der Waals surface area contributed by atoms with Crippen molar-refractivity contribution in [3.05, 3.63) is 23.8 Å². The molecule has 0 heterocycles. The smallest absolute Gasteiger partial charge is 0.274 e. The quantitative estimate of drug-likeness (QED) is 0.494. The van der Waals surface area contributed by atoms with Gasteiger partial charge in [0.2, 0.25) is 0 Å². The maximum absolute atomic E-state index is 11.2. The summed E-state index contributed by atoms with van der Waals surface area (Å²) in [6.45, 7) is 2.09. The summed E-state index contributed by atoms with van der Waals surface area (Å²) in [4.78, 5) is 15.9. The van der Waals surface area contributed by atoms with Gasteiger partial charge in [-0.1, -0.05) is 0 Å². The maximum Gasteiger partial charge on any atom is 0.274 e. The van der Waals surface area contributed by atoms with Crippen LogP contribution in [-0.4, -0.2) is 22.7 Å². The van der Waals surface area contributed by atoms with E-state index >= 15 is 0 Å². The lowest BCUT2D eigenvalue weighted by Gasteiger charge is -2.04. The molecule has 0 aromatic heterocycles. The molecule has 0 saturated heterocycles. The summed E-state index contributed by atoms with van der Waals surface area (Å²) >= 11 is 0. The summed E-state index contributed by atoms with van der Waals surface area (Å²) in [5.74, 6) is -1.07. The van der Waals surface area contributed by atoms with Crippen molar-refractivity contribution in [1.82, 2.24) is 5.48 Å². The average Bonchev–Trinajstić information content (AvgIpc) is 2.18. The Bertz CT molecular complexity index is 338. The van der Waals surface area contributed by atoms with Crippen molar-refractivity contribution < 1.29 is 19.8 Å². The Labute approximate surface area is 80.9 Å². The molecule has 0 unspecified atom stereocenters. The van der Waals surface area contributed by atoms with E-state index in [1.165, 1.54) is 12.1 Å². The van der Waals surface area contributed by atoms with Crippen molar-refractivity contribution in [3.8, 4) is 11.5 Å². The van der Waals surface area contributed by atoms with Crippen LogP contribution in [0.15, 0.2) is 18.2 Å². The van der Waals surface area contributed by atoms with Gasteiger partial charge in [0.25, 0.3) is 5.91 Å². The van der Waals surface area contributed by atoms with Crippen LogP contribution in [0.4, 0.5) is 0 Å². The molecule has 1 aromatic carbocycles. The molecular formula is C9H11NO4. The SMILES string of the molecule is CCONC(=O)c1ccc(O)c(O)c1. The standard InChI is InChI=1S/C9H11NO4/c1-2-14-10-9(13)6-3-4-7(11)8(12)5-6/h3-5,11-12H,2H2,1H3,(H,10,13). The van der Waals surface area contributed by atoms with E-state index in [1.54, 1.807) is 6.92 Å². The second kappa shape index (κ2) is 4.48. The average molecular weight is 197 g/mol. The molecule has 0 saturated carbocycles. The van der Waals surface area contributed by atoms with Gasteiger partial charge in [-0.2, -0.15) is 0 Å². The zero-order chi connectivity index (χ0) is 10.6. The summed E-state index contributed by atoms with van der Waals surface area (Å²) in [5, 5.41) is 18.1. The molecule has 76 valence electrons. The van der Waals surface area contributed by atoms with Crippen LogP contribution in [0.5, 0.6) is 11.5 Å². The Morgan fingerprint density at radius 2 is 2.14 bits per heavy atom. The van der Waals surface area contributed by atoms with Gasteiger partial charge in [0.05, 0.1) is 6.61 Å². The Morgan fingerprint density at radius 1 is 1.43 bits per heavy atom. The van der Waals surface area contributed by atoms with Crippen LogP contribution in [0.2, 0.25) is 0 Å². The normalized spacial score (nSPS) is 9.79. The summed E-state index contributed by atoms with van der Waals surface area (Å²) in [5.41, 5.74) is 2.38. The topological polar surface area (TPSA) is 78.8 Å². The van der Waals surface area contributed by atoms with Crippen LogP contribution in [0.1, 0.15) is 17.3 Å². The molecule has 0 radical (unpaired) electrons. The van der Waals surface area contributed by atoms with Crippen LogP contribution in [0.25, 0.3) is 0 Å². The second-order valence-electron chi connectivity index (χ2n) is 2.57. The van der Waals surface area contributed by atoms with E-state index in [-0.39, 0.29) is 17.1 Å². The number of rotatable bonds is 3. The third-order valence-electron chi connectivity index (χ3n) is 1.55. The molecule has 1 amide bonds. The van der Waals surface area contributed by atoms with Gasteiger partial charge in [0.15, 0.2) is 11.5 Å². The van der Waals surface area contributed by atoms with Crippen LogP contribution in [-0.2, 0) is 4.84 Å². The first-order valence-corrected chi connectivity index (χ1v) is 4.09. The lowest BCUT2D eigenvalue weighted by molar-refractivity contribution is 0.0364. The Balaban J connectivity index is 2.76. The van der Waals surface area contributed by atoms with Crippen molar-refractivity contribution in [3.63, 3.8) is 0 Å². The third kappa shape index (κ3) is 2.37. The van der Waals surface area contributed by atoms with E-state index in [1.807, 2.05) is 0 Å². The molecule has 0 spiro atoms. The molecule has 1 rings (SSSR count). The first kappa shape index (κ1) is 10.3. The molecule has 5 nitrogen and oxygen atoms in total. The van der Waals surface area contributed by atoms with E-state index in [0.29, 0.717) is 6.61 Å². The number of amides is 1. The summed E-state index contributed by atoms with van der Waals surface area (Å²) in [7, 11) is 0. The highest BCUT2D eigenvalue weighted by Crippen LogP contribution is 2.24. The minimum Gasteiger partial charge on any atom is -0.504 e. The summed E-state index contributed by atoms with van der Waals surface area (Å²) in [6.07, 6.45) is 0. The van der Waals surface area contributed by atoms with Crippen molar-refractivity contribution in [2.24, 2.45) is 0 Å². The molecule has 5 heteroatoms. The zero-order valence-electron chi connectivity index (χ0n) is 7.65. The van der Waals surface area contributed by atoms with E-state index in [2.05, 4.69) is 10.3 Å². The maximum atomic E-state index is 11.2. The second-order valence-corrected chi connectivity index (χ2v) is 2.57. The van der Waals surface area contributed by atoms with Crippen LogP contribution >= 0.6 is 0 Å². The number of carbonyl (C=O) groups is 1. The lowest BCUT2D eigenvalue weighted by atomic mass is 10.2. The molecule has 14 heavy (non-hydrogen) atoms. The zero-order valence-corrected chi connectivity index (χ0v) is 7.65. The number of benzene rings is 1. The van der Waals surface area contributed by atoms with Crippen LogP contribution in [0, 0.1) is 0 Å². The van der Waals surface area contributed by atoms with E-state index in [0.717, 1.165) is 6.07 Å². The number of phenolic OH excluding ortho intramolecular Hbond substituents is 2. The monoisotopic (exact) mass is 197 g/mol. The molecule has 0 atom stereocenters. The Morgan fingerprint density at radius 3 is 2.71 bits per heavy atom. The fourth-order valence-corrected chi connectivity index (χ4v) is 0.861. The number of hydrogen-bond donors (Lipinski definition) is 3. The van der Waals surface area contributed by atoms with Gasteiger partial charge in [0, 0.05) is 5.56 Å². The van der Waals surface area contributed by atoms with Crippen molar-refractivity contribution in [1.29, 1.82) is 0 Å². The fourth-order valence-electron chi connectivity index (χ4n) is 0.861. The van der Waals surface area contributed by atoms with E-state index < -0.39 is 5.91 Å². The number of hydrogen-bond acceptors (Lipinski definition) is 4. The van der Waals surface area contributed by atoms with Gasteiger partial charge in [-0.25, -0.2) is 5.48 Å². The minimum absolute atomic E-state index is 0.216. The van der Waals surface area contributed by atoms with Crippen molar-refractivity contribution in [2.75, 3.05) is 6.61 Å². The molecule has 1 aromatic rings. The first-order chi connectivity index (χ1) is 6.65. The molecule has 0 bridgehead atoms. The number of hydroxylamine groups is 1. The molecular weight excluding hydrogens is 186 g/mol. The predicted molar refractivity (Wildman–Crippen MR) is 48.9 cm³/mol. The van der Waals surface area contributed by atoms with Crippen molar-refractivity contribution >= 4 is 5.91 Å². The predicted octanol–water partition coefficient (Wildman–Crippen LogP) is 0.779. The molecule has 0 aliphatic carbocycles. The number of carbonyl (C=O) groups excluding carboxylic acids is 1. The largest absolute Gasteiger partial charge is 0.504 e. The number of phenols is 2. The van der Waals surface area contributed by atoms with E-state index in [4.69, 9.17) is 10.2 Å². The van der Waals surface area contributed by atoms with Gasteiger partial charge in [0.1, 0.15) is 0 Å². The number of nitrogens with one attached hydrogen (secondary N) is 1. The number of aromatic hydroxyl groups is 2. The third-order valence-corrected chi connectivity index (χ3v) is 1.55. The minimum atomic E-state index is -0.470. The molecule has 0 aliphatic heterocycles. The van der Waals surface area contributed by atoms with Gasteiger partial charge in [-0.05, 0) is 25.1 Å². The lowest BCUT2D eigenvalue weighted by Crippen LogP contribution is -2.23. The van der Waals surface area contributed by atoms with E-state index in [9.17, 15) is 4.79 Å². The highest BCUT2D eigenvalue weighted by atomic mass is 16.6.